The van der Waals surface area contributed by atoms with Crippen molar-refractivity contribution in [1.29, 1.82) is 0 Å². The lowest BCUT2D eigenvalue weighted by molar-refractivity contribution is -0.155. The molecule has 2 aromatic rings. The van der Waals surface area contributed by atoms with Gasteiger partial charge in [0, 0.05) is 41.9 Å². The van der Waals surface area contributed by atoms with Gasteiger partial charge in [0.25, 0.3) is 5.91 Å². The zero-order valence-electron chi connectivity index (χ0n) is 19.8. The van der Waals surface area contributed by atoms with Gasteiger partial charge in [-0.15, -0.1) is 0 Å². The highest BCUT2D eigenvalue weighted by Gasteiger charge is 2.37. The maximum Gasteiger partial charge on any atom is 0.306 e. The molecule has 1 aliphatic heterocycles. The number of halogens is 1. The summed E-state index contributed by atoms with van der Waals surface area (Å²) < 4.78 is 24.7. The number of ether oxygens (including phenoxy) is 2. The maximum atomic E-state index is 14.2. The number of carbonyl (C=O) groups excluding carboxylic acids is 3. The lowest BCUT2D eigenvalue weighted by Gasteiger charge is -2.26. The van der Waals surface area contributed by atoms with Crippen LogP contribution in [0, 0.1) is 5.82 Å². The third-order valence-electron chi connectivity index (χ3n) is 5.46. The first-order chi connectivity index (χ1) is 16.0. The minimum Gasteiger partial charge on any atom is -0.497 e. The molecule has 3 rings (SSSR count). The Kier molecular flexibility index (Phi) is 7.44. The lowest BCUT2D eigenvalue weighted by atomic mass is 10.1. The van der Waals surface area contributed by atoms with Gasteiger partial charge < -0.3 is 25.4 Å². The first kappa shape index (κ1) is 25.0. The molecule has 34 heavy (non-hydrogen) atoms. The second-order valence-corrected chi connectivity index (χ2v) is 9.12. The number of primary amides is 1. The van der Waals surface area contributed by atoms with E-state index in [1.807, 2.05) is 0 Å². The summed E-state index contributed by atoms with van der Waals surface area (Å²) in [6.07, 6.45) is 0.00693. The molecule has 0 radical (unpaired) electrons. The average Bonchev–Trinajstić information content (AvgIpc) is 3.09. The van der Waals surface area contributed by atoms with E-state index in [1.165, 1.54) is 24.1 Å². The van der Waals surface area contributed by atoms with Crippen molar-refractivity contribution in [3.05, 3.63) is 58.9 Å². The first-order valence-corrected chi connectivity index (χ1v) is 11.0. The van der Waals surface area contributed by atoms with Gasteiger partial charge in [0.05, 0.1) is 7.11 Å². The molecule has 1 atom stereocenters. The number of esters is 1. The van der Waals surface area contributed by atoms with Crippen molar-refractivity contribution in [2.24, 2.45) is 5.73 Å². The number of methoxy groups -OCH3 is 1. The zero-order valence-corrected chi connectivity index (χ0v) is 19.8. The largest absolute Gasteiger partial charge is 0.497 e. The molecular formula is C25H30FN3O5. The van der Waals surface area contributed by atoms with Crippen molar-refractivity contribution in [2.75, 3.05) is 12.4 Å². The molecule has 0 spiro atoms. The van der Waals surface area contributed by atoms with Gasteiger partial charge in [-0.1, -0.05) is 6.07 Å². The van der Waals surface area contributed by atoms with Crippen LogP contribution in [0.4, 0.5) is 10.1 Å². The van der Waals surface area contributed by atoms with E-state index in [1.54, 1.807) is 45.0 Å². The third kappa shape index (κ3) is 5.84. The van der Waals surface area contributed by atoms with Crippen LogP contribution >= 0.6 is 0 Å². The van der Waals surface area contributed by atoms with Crippen molar-refractivity contribution in [2.45, 2.75) is 58.3 Å². The van der Waals surface area contributed by atoms with Gasteiger partial charge in [0.2, 0.25) is 5.91 Å². The van der Waals surface area contributed by atoms with Gasteiger partial charge in [-0.25, -0.2) is 4.39 Å². The van der Waals surface area contributed by atoms with E-state index in [0.29, 0.717) is 28.1 Å². The first-order valence-electron chi connectivity index (χ1n) is 11.0. The monoisotopic (exact) mass is 471 g/mol. The number of nitrogens with two attached hydrogens (primary N) is 1. The van der Waals surface area contributed by atoms with Crippen molar-refractivity contribution in [3.8, 4) is 5.75 Å². The number of nitrogens with zero attached hydrogens (tertiary/aromatic N) is 1. The molecule has 9 heteroatoms. The van der Waals surface area contributed by atoms with Crippen molar-refractivity contribution >= 4 is 23.5 Å². The molecule has 0 unspecified atom stereocenters. The van der Waals surface area contributed by atoms with Crippen LogP contribution in [0.1, 0.15) is 55.1 Å². The fourth-order valence-electron chi connectivity index (χ4n) is 3.87. The van der Waals surface area contributed by atoms with Crippen LogP contribution in [-0.2, 0) is 27.4 Å². The minimum absolute atomic E-state index is 0.0504. The summed E-state index contributed by atoms with van der Waals surface area (Å²) >= 11 is 0. The zero-order chi connectivity index (χ0) is 25.0. The Balaban J connectivity index is 1.75. The third-order valence-corrected chi connectivity index (χ3v) is 5.46. The van der Waals surface area contributed by atoms with Crippen LogP contribution in [0.25, 0.3) is 0 Å². The molecule has 182 valence electrons. The van der Waals surface area contributed by atoms with Crippen molar-refractivity contribution in [3.63, 3.8) is 0 Å². The van der Waals surface area contributed by atoms with E-state index in [2.05, 4.69) is 5.32 Å². The van der Waals surface area contributed by atoms with Gasteiger partial charge in [0.1, 0.15) is 23.2 Å². The van der Waals surface area contributed by atoms with Crippen LogP contribution in [0.5, 0.6) is 5.75 Å². The molecule has 0 saturated heterocycles. The smallest absolute Gasteiger partial charge is 0.306 e. The Labute approximate surface area is 198 Å². The van der Waals surface area contributed by atoms with Gasteiger partial charge in [-0.2, -0.15) is 0 Å². The normalized spacial score (nSPS) is 13.9. The van der Waals surface area contributed by atoms with Crippen LogP contribution in [0.3, 0.4) is 0 Å². The lowest BCUT2D eigenvalue weighted by Crippen LogP contribution is -2.45. The number of rotatable bonds is 9. The predicted octanol–water partition coefficient (Wildman–Crippen LogP) is 3.38. The Bertz CT molecular complexity index is 1100. The van der Waals surface area contributed by atoms with E-state index >= 15 is 0 Å². The number of anilines is 1. The summed E-state index contributed by atoms with van der Waals surface area (Å²) in [5, 5.41) is 3.17. The second-order valence-electron chi connectivity index (χ2n) is 9.12. The molecule has 2 aromatic carbocycles. The summed E-state index contributed by atoms with van der Waals surface area (Å²) in [5.74, 6) is -1.36. The summed E-state index contributed by atoms with van der Waals surface area (Å²) in [4.78, 5) is 38.7. The van der Waals surface area contributed by atoms with Crippen LogP contribution < -0.4 is 15.8 Å². The van der Waals surface area contributed by atoms with Crippen molar-refractivity contribution in [1.82, 2.24) is 4.90 Å². The van der Waals surface area contributed by atoms with E-state index in [4.69, 9.17) is 15.2 Å². The molecule has 0 saturated carbocycles. The molecule has 0 aromatic heterocycles. The molecule has 8 nitrogen and oxygen atoms in total. The van der Waals surface area contributed by atoms with E-state index in [9.17, 15) is 18.8 Å². The average molecular weight is 472 g/mol. The fourth-order valence-corrected chi connectivity index (χ4v) is 3.87. The van der Waals surface area contributed by atoms with Crippen LogP contribution in [0.15, 0.2) is 36.4 Å². The highest BCUT2D eigenvalue weighted by molar-refractivity contribution is 6.02. The standard InChI is InChI=1S/C25H30FN3O5/c1-25(2,3)34-22(30)11-10-21(23(27)31)29-14-18-17(24(29)32)6-5-7-20(18)28-13-15-12-16(33-4)8-9-19(15)26/h5-9,12,21,28H,10-11,13-14H2,1-4H3,(H2,27,31)/t21-/m1/s1. The summed E-state index contributed by atoms with van der Waals surface area (Å²) in [7, 11) is 1.51. The molecule has 2 amide bonds. The molecule has 1 heterocycles. The quantitative estimate of drug-likeness (QED) is 0.543. The number of carbonyl (C=O) groups is 3. The highest BCUT2D eigenvalue weighted by Crippen LogP contribution is 2.32. The Morgan fingerprint density at radius 3 is 2.62 bits per heavy atom. The maximum absolute atomic E-state index is 14.2. The summed E-state index contributed by atoms with van der Waals surface area (Å²) in [6.45, 7) is 5.57. The number of amides is 2. The topological polar surface area (TPSA) is 111 Å². The summed E-state index contributed by atoms with van der Waals surface area (Å²) in [5.41, 5.74) is 7.10. The van der Waals surface area contributed by atoms with Crippen LogP contribution in [-0.4, -0.2) is 41.4 Å². The number of hydrogen-bond donors (Lipinski definition) is 2. The number of hydrogen-bond acceptors (Lipinski definition) is 6. The molecule has 0 bridgehead atoms. The molecule has 1 aliphatic rings. The number of nitrogens with one attached hydrogen (secondary N) is 1. The second kappa shape index (κ2) is 10.1. The van der Waals surface area contributed by atoms with Gasteiger partial charge in [-0.05, 0) is 57.5 Å². The van der Waals surface area contributed by atoms with Gasteiger partial charge >= 0.3 is 5.97 Å². The Morgan fingerprint density at radius 2 is 1.97 bits per heavy atom. The molecule has 3 N–H and O–H groups in total. The predicted molar refractivity (Wildman–Crippen MR) is 125 cm³/mol. The molecule has 0 aliphatic carbocycles. The minimum atomic E-state index is -0.962. The number of fused-ring (bicyclic) bond motifs is 1. The van der Waals surface area contributed by atoms with E-state index in [-0.39, 0.29) is 37.7 Å². The Morgan fingerprint density at radius 1 is 1.24 bits per heavy atom. The van der Waals surface area contributed by atoms with Crippen LogP contribution in [0.2, 0.25) is 0 Å². The summed E-state index contributed by atoms with van der Waals surface area (Å²) in [6, 6.07) is 8.67. The number of benzene rings is 2. The highest BCUT2D eigenvalue weighted by atomic mass is 19.1. The Hall–Kier alpha value is -3.62. The van der Waals surface area contributed by atoms with E-state index < -0.39 is 23.5 Å². The molecule has 0 fully saturated rings. The fraction of sp³-hybridized carbons (Fsp3) is 0.400. The van der Waals surface area contributed by atoms with Crippen molar-refractivity contribution < 1.29 is 28.2 Å². The van der Waals surface area contributed by atoms with E-state index in [0.717, 1.165) is 0 Å². The SMILES string of the molecule is COc1ccc(F)c(CNc2cccc3c2CN([C@H](CCC(=O)OC(C)(C)C)C(N)=O)C3=O)c1. The van der Waals surface area contributed by atoms with Gasteiger partial charge in [-0.3, -0.25) is 14.4 Å². The van der Waals surface area contributed by atoms with Gasteiger partial charge in [0.15, 0.2) is 0 Å². The molecular weight excluding hydrogens is 441 g/mol.